The molecule has 0 radical (unpaired) electrons. The largest absolute Gasteiger partial charge is 0.423 e. The molecule has 118 valence electrons. The van der Waals surface area contributed by atoms with Crippen molar-refractivity contribution in [1.29, 1.82) is 0 Å². The van der Waals surface area contributed by atoms with Crippen molar-refractivity contribution >= 4 is 29.1 Å². The van der Waals surface area contributed by atoms with Crippen molar-refractivity contribution in [2.75, 3.05) is 0 Å². The lowest BCUT2D eigenvalue weighted by Crippen LogP contribution is -2.06. The van der Waals surface area contributed by atoms with Crippen LogP contribution in [0.4, 0.5) is 0 Å². The summed E-state index contributed by atoms with van der Waals surface area (Å²) in [6.45, 7) is 2.00. The lowest BCUT2D eigenvalue weighted by atomic mass is 10.0. The highest BCUT2D eigenvalue weighted by Crippen LogP contribution is 2.26. The van der Waals surface area contributed by atoms with E-state index in [1.165, 1.54) is 6.08 Å². The molecule has 3 aromatic carbocycles. The van der Waals surface area contributed by atoms with E-state index in [0.29, 0.717) is 11.8 Å². The standard InChI is InChI=1S/C21H16O3/c1-15-6-8-16(9-7-15)10-13-21(23)24-20-12-11-17-4-2-3-5-18(17)19(20)14-22/h2-14H,1H3/b13-10+. The molecule has 0 saturated heterocycles. The molecule has 0 bridgehead atoms. The number of aryl methyl sites for hydroxylation is 1. The topological polar surface area (TPSA) is 43.4 Å². The molecule has 0 aliphatic heterocycles. The SMILES string of the molecule is Cc1ccc(/C=C/C(=O)Oc2ccc3ccccc3c2C=O)cc1. The van der Waals surface area contributed by atoms with Crippen LogP contribution >= 0.6 is 0 Å². The molecule has 24 heavy (non-hydrogen) atoms. The molecule has 0 heterocycles. The maximum absolute atomic E-state index is 12.0. The van der Waals surface area contributed by atoms with Crippen LogP contribution in [0.5, 0.6) is 5.75 Å². The number of benzene rings is 3. The Hall–Kier alpha value is -3.20. The summed E-state index contributed by atoms with van der Waals surface area (Å²) >= 11 is 0. The van der Waals surface area contributed by atoms with Crippen LogP contribution in [0.3, 0.4) is 0 Å². The van der Waals surface area contributed by atoms with Gasteiger partial charge < -0.3 is 4.74 Å². The van der Waals surface area contributed by atoms with E-state index in [4.69, 9.17) is 4.74 Å². The normalized spacial score (nSPS) is 10.9. The van der Waals surface area contributed by atoms with Crippen molar-refractivity contribution in [1.82, 2.24) is 0 Å². The molecule has 0 N–H and O–H groups in total. The number of carbonyl (C=O) groups excluding carboxylic acids is 2. The number of ether oxygens (including phenoxy) is 1. The molecule has 0 atom stereocenters. The van der Waals surface area contributed by atoms with Crippen LogP contribution in [0.25, 0.3) is 16.8 Å². The van der Waals surface area contributed by atoms with Crippen molar-refractivity contribution in [3.05, 3.63) is 83.4 Å². The summed E-state index contributed by atoms with van der Waals surface area (Å²) in [7, 11) is 0. The third-order valence-electron chi connectivity index (χ3n) is 3.75. The maximum Gasteiger partial charge on any atom is 0.336 e. The van der Waals surface area contributed by atoms with Gasteiger partial charge in [-0.3, -0.25) is 4.79 Å². The second-order valence-electron chi connectivity index (χ2n) is 5.48. The molecule has 3 aromatic rings. The molecule has 3 heteroatoms. The van der Waals surface area contributed by atoms with Gasteiger partial charge in [-0.05, 0) is 35.4 Å². The smallest absolute Gasteiger partial charge is 0.336 e. The van der Waals surface area contributed by atoms with E-state index in [-0.39, 0.29) is 5.75 Å². The van der Waals surface area contributed by atoms with E-state index < -0.39 is 5.97 Å². The van der Waals surface area contributed by atoms with E-state index in [9.17, 15) is 9.59 Å². The monoisotopic (exact) mass is 316 g/mol. The first kappa shape index (κ1) is 15.7. The van der Waals surface area contributed by atoms with E-state index in [0.717, 1.165) is 21.9 Å². The van der Waals surface area contributed by atoms with Crippen molar-refractivity contribution in [2.24, 2.45) is 0 Å². The van der Waals surface area contributed by atoms with Crippen LogP contribution in [0.15, 0.2) is 66.7 Å². The number of esters is 1. The van der Waals surface area contributed by atoms with Gasteiger partial charge in [-0.2, -0.15) is 0 Å². The fraction of sp³-hybridized carbons (Fsp3) is 0.0476. The molecule has 0 aliphatic carbocycles. The minimum Gasteiger partial charge on any atom is -0.423 e. The first-order valence-electron chi connectivity index (χ1n) is 7.61. The van der Waals surface area contributed by atoms with Crippen LogP contribution in [0.1, 0.15) is 21.5 Å². The highest BCUT2D eigenvalue weighted by Gasteiger charge is 2.10. The summed E-state index contributed by atoms with van der Waals surface area (Å²) in [4.78, 5) is 23.5. The summed E-state index contributed by atoms with van der Waals surface area (Å²) in [6, 6.07) is 18.7. The van der Waals surface area contributed by atoms with E-state index in [1.807, 2.05) is 61.5 Å². The third kappa shape index (κ3) is 3.41. The van der Waals surface area contributed by atoms with Gasteiger partial charge in [0.05, 0.1) is 5.56 Å². The molecule has 0 saturated carbocycles. The first-order chi connectivity index (χ1) is 11.7. The molecule has 0 amide bonds. The van der Waals surface area contributed by atoms with Gasteiger partial charge >= 0.3 is 5.97 Å². The Morgan fingerprint density at radius 3 is 2.46 bits per heavy atom. The van der Waals surface area contributed by atoms with Gasteiger partial charge in [0.2, 0.25) is 0 Å². The Morgan fingerprint density at radius 1 is 0.958 bits per heavy atom. The minimum atomic E-state index is -0.519. The average Bonchev–Trinajstić information content (AvgIpc) is 2.61. The number of carbonyl (C=O) groups is 2. The Kier molecular flexibility index (Phi) is 4.52. The van der Waals surface area contributed by atoms with Crippen LogP contribution in [-0.2, 0) is 4.79 Å². The molecule has 0 spiro atoms. The second kappa shape index (κ2) is 6.92. The van der Waals surface area contributed by atoms with Gasteiger partial charge in [0.25, 0.3) is 0 Å². The van der Waals surface area contributed by atoms with Gasteiger partial charge in [0.15, 0.2) is 6.29 Å². The Bertz CT molecular complexity index is 921. The molecular formula is C21H16O3. The predicted molar refractivity (Wildman–Crippen MR) is 95.2 cm³/mol. The summed E-state index contributed by atoms with van der Waals surface area (Å²) < 4.78 is 5.33. The Labute approximate surface area is 140 Å². The summed E-state index contributed by atoms with van der Waals surface area (Å²) in [5.41, 5.74) is 2.44. The van der Waals surface area contributed by atoms with E-state index >= 15 is 0 Å². The van der Waals surface area contributed by atoms with Gasteiger partial charge in [-0.1, -0.05) is 60.2 Å². The zero-order valence-corrected chi connectivity index (χ0v) is 13.2. The first-order valence-corrected chi connectivity index (χ1v) is 7.61. The summed E-state index contributed by atoms with van der Waals surface area (Å²) in [5, 5.41) is 1.69. The molecule has 3 nitrogen and oxygen atoms in total. The third-order valence-corrected chi connectivity index (χ3v) is 3.75. The van der Waals surface area contributed by atoms with Crippen molar-refractivity contribution < 1.29 is 14.3 Å². The fourth-order valence-corrected chi connectivity index (χ4v) is 2.47. The number of rotatable bonds is 4. The zero-order chi connectivity index (χ0) is 16.9. The van der Waals surface area contributed by atoms with Crippen molar-refractivity contribution in [3.63, 3.8) is 0 Å². The Morgan fingerprint density at radius 2 is 1.71 bits per heavy atom. The molecule has 0 fully saturated rings. The van der Waals surface area contributed by atoms with Crippen LogP contribution < -0.4 is 4.74 Å². The number of fused-ring (bicyclic) bond motifs is 1. The van der Waals surface area contributed by atoms with Crippen LogP contribution in [0.2, 0.25) is 0 Å². The second-order valence-corrected chi connectivity index (χ2v) is 5.48. The molecule has 0 aliphatic rings. The van der Waals surface area contributed by atoms with Gasteiger partial charge in [-0.25, -0.2) is 4.79 Å². The summed E-state index contributed by atoms with van der Waals surface area (Å²) in [6.07, 6.45) is 3.76. The highest BCUT2D eigenvalue weighted by molar-refractivity contribution is 6.02. The van der Waals surface area contributed by atoms with E-state index in [2.05, 4.69) is 0 Å². The highest BCUT2D eigenvalue weighted by atomic mass is 16.5. The number of hydrogen-bond acceptors (Lipinski definition) is 3. The molecule has 3 rings (SSSR count). The zero-order valence-electron chi connectivity index (χ0n) is 13.2. The van der Waals surface area contributed by atoms with Crippen LogP contribution in [-0.4, -0.2) is 12.3 Å². The van der Waals surface area contributed by atoms with E-state index in [1.54, 1.807) is 12.1 Å². The molecule has 0 aromatic heterocycles. The quantitative estimate of drug-likeness (QED) is 0.306. The minimum absolute atomic E-state index is 0.266. The fourth-order valence-electron chi connectivity index (χ4n) is 2.47. The Balaban J connectivity index is 1.82. The van der Waals surface area contributed by atoms with Crippen molar-refractivity contribution in [3.8, 4) is 5.75 Å². The van der Waals surface area contributed by atoms with Crippen LogP contribution in [0, 0.1) is 6.92 Å². The molecular weight excluding hydrogens is 300 g/mol. The maximum atomic E-state index is 12.0. The number of aldehydes is 1. The van der Waals surface area contributed by atoms with Gasteiger partial charge in [0.1, 0.15) is 5.75 Å². The lowest BCUT2D eigenvalue weighted by Gasteiger charge is -2.07. The number of hydrogen-bond donors (Lipinski definition) is 0. The predicted octanol–water partition coefficient (Wildman–Crippen LogP) is 4.58. The van der Waals surface area contributed by atoms with Gasteiger partial charge in [0, 0.05) is 6.08 Å². The van der Waals surface area contributed by atoms with Crippen molar-refractivity contribution in [2.45, 2.75) is 6.92 Å². The summed E-state index contributed by atoms with van der Waals surface area (Å²) in [5.74, 6) is -0.254. The van der Waals surface area contributed by atoms with Gasteiger partial charge in [-0.15, -0.1) is 0 Å². The molecule has 0 unspecified atom stereocenters. The lowest BCUT2D eigenvalue weighted by molar-refractivity contribution is -0.128. The average molecular weight is 316 g/mol.